The van der Waals surface area contributed by atoms with Gasteiger partial charge in [0.15, 0.2) is 0 Å². The fourth-order valence-corrected chi connectivity index (χ4v) is 4.39. The molecule has 0 bridgehead atoms. The summed E-state index contributed by atoms with van der Waals surface area (Å²) < 4.78 is 31.4. The van der Waals surface area contributed by atoms with Crippen LogP contribution in [-0.4, -0.2) is 53.7 Å². The van der Waals surface area contributed by atoms with Gasteiger partial charge >= 0.3 is 0 Å². The highest BCUT2D eigenvalue weighted by atomic mass is 19.3. The molecule has 2 aromatic heterocycles. The number of fused-ring (bicyclic) bond motifs is 1. The number of rotatable bonds is 9. The lowest BCUT2D eigenvalue weighted by Crippen LogP contribution is -2.22. The van der Waals surface area contributed by atoms with E-state index in [1.807, 2.05) is 52.2 Å². The van der Waals surface area contributed by atoms with Crippen LogP contribution in [0, 0.1) is 0 Å². The zero-order valence-corrected chi connectivity index (χ0v) is 20.3. The van der Waals surface area contributed by atoms with E-state index in [0.717, 1.165) is 42.6 Å². The molecule has 1 fully saturated rings. The van der Waals surface area contributed by atoms with Gasteiger partial charge in [0.25, 0.3) is 0 Å². The average molecular weight is 494 g/mol. The van der Waals surface area contributed by atoms with E-state index in [1.54, 1.807) is 26.6 Å². The molecule has 0 aliphatic carbocycles. The average Bonchev–Trinajstić information content (AvgIpc) is 3.44. The molecule has 1 aliphatic rings. The van der Waals surface area contributed by atoms with Crippen molar-refractivity contribution in [3.8, 4) is 22.8 Å². The Morgan fingerprint density at radius 1 is 1.08 bits per heavy atom. The zero-order valence-electron chi connectivity index (χ0n) is 20.3. The highest BCUT2D eigenvalue weighted by Crippen LogP contribution is 2.37. The Morgan fingerprint density at radius 3 is 2.78 bits per heavy atom. The number of halogens is 1. The first-order valence-corrected chi connectivity index (χ1v) is 11.9. The number of nitrogens with zero attached hydrogens (tertiary/aromatic N) is 5. The van der Waals surface area contributed by atoms with Crippen molar-refractivity contribution in [1.29, 1.82) is 0 Å². The molecule has 4 aromatic rings. The Morgan fingerprint density at radius 2 is 2.00 bits per heavy atom. The van der Waals surface area contributed by atoms with Crippen LogP contribution in [0.3, 0.4) is 0 Å². The van der Waals surface area contributed by atoms with Crippen LogP contribution < -0.4 is 14.4 Å². The first kappa shape index (κ1) is 24.0. The van der Waals surface area contributed by atoms with Crippen molar-refractivity contribution in [3.63, 3.8) is 0 Å². The molecule has 1 unspecified atom stereocenters. The van der Waals surface area contributed by atoms with Crippen LogP contribution in [0.2, 0.25) is 0 Å². The summed E-state index contributed by atoms with van der Waals surface area (Å²) in [7, 11) is 3.18. The number of ether oxygens (including phenoxy) is 3. The fraction of sp³-hybridized carbons (Fsp3) is 0.346. The van der Waals surface area contributed by atoms with E-state index in [1.165, 1.54) is 0 Å². The molecular weight excluding hydrogens is 465 g/mol. The van der Waals surface area contributed by atoms with Gasteiger partial charge in [-0.3, -0.25) is 4.98 Å². The van der Waals surface area contributed by atoms with E-state index in [-0.39, 0.29) is 19.4 Å². The second-order valence-corrected chi connectivity index (χ2v) is 8.46. The monoisotopic (exact) mass is 493 g/mol. The standard InChI is InChI=1S/C26H28FN5O4/c1-33-20-7-9-25(34-2)24(14-20)31(10-12-36-27)19-6-8-21-22(13-19)30-23(16-28-21)18-15-29-32(17-18)26-5-3-4-11-35-26/h6-9,13-17,26H,3-5,10-12H2,1-2H3. The molecule has 5 rings (SSSR count). The number of methoxy groups -OCH3 is 2. The van der Waals surface area contributed by atoms with Gasteiger partial charge in [-0.25, -0.2) is 9.67 Å². The maximum atomic E-state index is 12.7. The number of hydrogen-bond donors (Lipinski definition) is 0. The summed E-state index contributed by atoms with van der Waals surface area (Å²) in [6, 6.07) is 11.2. The van der Waals surface area contributed by atoms with E-state index < -0.39 is 0 Å². The number of hydrogen-bond acceptors (Lipinski definition) is 8. The van der Waals surface area contributed by atoms with Crippen molar-refractivity contribution in [2.75, 3.05) is 38.9 Å². The van der Waals surface area contributed by atoms with E-state index in [0.29, 0.717) is 28.4 Å². The summed E-state index contributed by atoms with van der Waals surface area (Å²) in [6.07, 6.45) is 8.58. The molecule has 0 amide bonds. The molecule has 0 spiro atoms. The largest absolute Gasteiger partial charge is 0.497 e. The minimum absolute atomic E-state index is 0.0448. The molecule has 0 N–H and O–H groups in total. The van der Waals surface area contributed by atoms with Crippen molar-refractivity contribution in [3.05, 3.63) is 55.0 Å². The maximum Gasteiger partial charge on any atom is 0.150 e. The summed E-state index contributed by atoms with van der Waals surface area (Å²) in [6.45, 7) is 0.861. The van der Waals surface area contributed by atoms with E-state index >= 15 is 0 Å². The van der Waals surface area contributed by atoms with Crippen LogP contribution in [-0.2, 0) is 9.68 Å². The molecule has 1 saturated heterocycles. The summed E-state index contributed by atoms with van der Waals surface area (Å²) in [5, 5.41) is 4.49. The number of anilines is 2. The SMILES string of the molecule is COc1ccc(OC)c(N(CCOF)c2ccc3ncc(-c4cnn(C5CCCCO5)c4)nc3c2)c1. The van der Waals surface area contributed by atoms with Crippen LogP contribution in [0.1, 0.15) is 25.5 Å². The van der Waals surface area contributed by atoms with Crippen LogP contribution in [0.5, 0.6) is 11.5 Å². The van der Waals surface area contributed by atoms with Gasteiger partial charge in [0.2, 0.25) is 0 Å². The fourth-order valence-electron chi connectivity index (χ4n) is 4.39. The van der Waals surface area contributed by atoms with Gasteiger partial charge in [-0.05, 0) is 54.1 Å². The molecule has 188 valence electrons. The Hall–Kier alpha value is -3.76. The smallest absolute Gasteiger partial charge is 0.150 e. The third-order valence-corrected chi connectivity index (χ3v) is 6.25. The number of benzene rings is 2. The van der Waals surface area contributed by atoms with Crippen LogP contribution in [0.15, 0.2) is 55.0 Å². The minimum Gasteiger partial charge on any atom is -0.497 e. The first-order chi connectivity index (χ1) is 17.7. The molecule has 9 nitrogen and oxygen atoms in total. The molecule has 1 aliphatic heterocycles. The normalized spacial score (nSPS) is 15.7. The predicted molar refractivity (Wildman–Crippen MR) is 133 cm³/mol. The van der Waals surface area contributed by atoms with Gasteiger partial charge in [-0.15, -0.1) is 0 Å². The van der Waals surface area contributed by atoms with Crippen molar-refractivity contribution < 1.29 is 23.7 Å². The first-order valence-electron chi connectivity index (χ1n) is 11.9. The molecule has 2 aromatic carbocycles. The van der Waals surface area contributed by atoms with Gasteiger partial charge in [-0.1, -0.05) is 0 Å². The van der Waals surface area contributed by atoms with Crippen LogP contribution >= 0.6 is 0 Å². The summed E-state index contributed by atoms with van der Waals surface area (Å²) >= 11 is 0. The van der Waals surface area contributed by atoms with Gasteiger partial charge < -0.3 is 19.1 Å². The molecule has 3 heterocycles. The second kappa shape index (κ2) is 10.9. The summed E-state index contributed by atoms with van der Waals surface area (Å²) in [4.78, 5) is 15.2. The predicted octanol–water partition coefficient (Wildman–Crippen LogP) is 5.25. The number of aromatic nitrogens is 4. The molecule has 36 heavy (non-hydrogen) atoms. The van der Waals surface area contributed by atoms with Crippen molar-refractivity contribution in [2.45, 2.75) is 25.5 Å². The quantitative estimate of drug-likeness (QED) is 0.313. The Kier molecular flexibility index (Phi) is 7.24. The van der Waals surface area contributed by atoms with Gasteiger partial charge in [0, 0.05) is 30.1 Å². The van der Waals surface area contributed by atoms with Gasteiger partial charge in [-0.2, -0.15) is 10.0 Å². The molecule has 1 atom stereocenters. The highest BCUT2D eigenvalue weighted by molar-refractivity contribution is 5.83. The molecule has 10 heteroatoms. The third-order valence-electron chi connectivity index (χ3n) is 6.25. The second-order valence-electron chi connectivity index (χ2n) is 8.46. The van der Waals surface area contributed by atoms with Crippen molar-refractivity contribution in [1.82, 2.24) is 19.7 Å². The third kappa shape index (κ3) is 4.95. The van der Waals surface area contributed by atoms with Crippen molar-refractivity contribution >= 4 is 22.4 Å². The lowest BCUT2D eigenvalue weighted by Gasteiger charge is -2.26. The maximum absolute atomic E-state index is 12.7. The molecular formula is C26H28FN5O4. The topological polar surface area (TPSA) is 83.8 Å². The zero-order chi connectivity index (χ0) is 24.9. The van der Waals surface area contributed by atoms with Gasteiger partial charge in [0.05, 0.1) is 55.6 Å². The molecule has 0 saturated carbocycles. The van der Waals surface area contributed by atoms with E-state index in [2.05, 4.69) is 15.0 Å². The summed E-state index contributed by atoms with van der Waals surface area (Å²) in [5.74, 6) is 1.27. The Labute approximate surface area is 208 Å². The van der Waals surface area contributed by atoms with E-state index in [4.69, 9.17) is 19.2 Å². The molecule has 0 radical (unpaired) electrons. The minimum atomic E-state index is -0.132. The van der Waals surface area contributed by atoms with Crippen LogP contribution in [0.25, 0.3) is 22.3 Å². The Balaban J connectivity index is 1.50. The Bertz CT molecular complexity index is 1320. The highest BCUT2D eigenvalue weighted by Gasteiger charge is 2.19. The van der Waals surface area contributed by atoms with Crippen LogP contribution in [0.4, 0.5) is 15.9 Å². The van der Waals surface area contributed by atoms with Crippen molar-refractivity contribution in [2.24, 2.45) is 0 Å². The lowest BCUT2D eigenvalue weighted by atomic mass is 10.2. The summed E-state index contributed by atoms with van der Waals surface area (Å²) in [5.41, 5.74) is 4.50. The lowest BCUT2D eigenvalue weighted by molar-refractivity contribution is -0.128. The van der Waals surface area contributed by atoms with E-state index in [9.17, 15) is 4.53 Å². The van der Waals surface area contributed by atoms with Gasteiger partial charge in [0.1, 0.15) is 24.3 Å².